The van der Waals surface area contributed by atoms with Gasteiger partial charge in [-0.05, 0) is 33.7 Å². The van der Waals surface area contributed by atoms with Gasteiger partial charge in [-0.2, -0.15) is 5.10 Å². The third kappa shape index (κ3) is 2.94. The van der Waals surface area contributed by atoms with E-state index in [4.69, 9.17) is 10.5 Å². The van der Waals surface area contributed by atoms with Crippen molar-refractivity contribution in [1.29, 1.82) is 0 Å². The number of hydrogen-bond acceptors (Lipinski definition) is 5. The average Bonchev–Trinajstić information content (AvgIpc) is 2.56. The van der Waals surface area contributed by atoms with Crippen LogP contribution < -0.4 is 10.5 Å². The highest BCUT2D eigenvalue weighted by Gasteiger charge is 2.27. The molecule has 1 aromatic heterocycles. The zero-order valence-corrected chi connectivity index (χ0v) is 10.3. The van der Waals surface area contributed by atoms with Gasteiger partial charge >= 0.3 is 5.69 Å². The highest BCUT2D eigenvalue weighted by atomic mass is 16.6. The van der Waals surface area contributed by atoms with Gasteiger partial charge in [-0.1, -0.05) is 0 Å². The van der Waals surface area contributed by atoms with Crippen molar-refractivity contribution in [3.05, 3.63) is 15.8 Å². The van der Waals surface area contributed by atoms with Gasteiger partial charge in [0.05, 0.1) is 17.6 Å². The number of hydrogen-bond donors (Lipinski definition) is 1. The number of nitrogens with zero attached hydrogens (tertiary/aromatic N) is 3. The lowest BCUT2D eigenvalue weighted by Gasteiger charge is -2.10. The predicted molar refractivity (Wildman–Crippen MR) is 63.2 cm³/mol. The van der Waals surface area contributed by atoms with Gasteiger partial charge in [0.25, 0.3) is 5.88 Å². The van der Waals surface area contributed by atoms with E-state index < -0.39 is 4.92 Å². The quantitative estimate of drug-likeness (QED) is 0.462. The van der Waals surface area contributed by atoms with Crippen molar-refractivity contribution in [2.75, 3.05) is 13.2 Å². The minimum absolute atomic E-state index is 0.00952. The summed E-state index contributed by atoms with van der Waals surface area (Å²) in [6.45, 7) is 6.24. The number of ether oxygens (including phenoxy) is 1. The Labute approximate surface area is 99.7 Å². The van der Waals surface area contributed by atoms with Crippen LogP contribution >= 0.6 is 0 Å². The molecule has 7 heteroatoms. The second-order valence-corrected chi connectivity index (χ2v) is 4.03. The molecular formula is C10H18N4O3. The molecule has 0 saturated carbocycles. The summed E-state index contributed by atoms with van der Waals surface area (Å²) in [6, 6.07) is 0.00952. The Balaban J connectivity index is 3.07. The third-order valence-corrected chi connectivity index (χ3v) is 2.27. The molecule has 0 unspecified atom stereocenters. The van der Waals surface area contributed by atoms with Gasteiger partial charge in [0.2, 0.25) is 0 Å². The number of nitro groups is 1. The summed E-state index contributed by atoms with van der Waals surface area (Å²) in [5, 5.41) is 15.1. The third-order valence-electron chi connectivity index (χ3n) is 2.27. The summed E-state index contributed by atoms with van der Waals surface area (Å²) in [4.78, 5) is 10.5. The summed E-state index contributed by atoms with van der Waals surface area (Å²) < 4.78 is 6.96. The van der Waals surface area contributed by atoms with E-state index in [1.165, 1.54) is 4.68 Å². The van der Waals surface area contributed by atoms with Crippen LogP contribution in [0, 0.1) is 17.0 Å². The number of aromatic nitrogens is 2. The molecule has 0 spiro atoms. The molecule has 0 aliphatic carbocycles. The lowest BCUT2D eigenvalue weighted by atomic mass is 10.4. The number of nitrogens with two attached hydrogens (primary N) is 1. The fraction of sp³-hybridized carbons (Fsp3) is 0.700. The SMILES string of the molecule is Cc1nn(C(C)C)c(OCCCN)c1[N+](=O)[O-]. The van der Waals surface area contributed by atoms with Crippen molar-refractivity contribution in [2.45, 2.75) is 33.2 Å². The Hall–Kier alpha value is -1.63. The minimum Gasteiger partial charge on any atom is -0.473 e. The van der Waals surface area contributed by atoms with Crippen molar-refractivity contribution >= 4 is 5.69 Å². The average molecular weight is 242 g/mol. The van der Waals surface area contributed by atoms with Gasteiger partial charge in [0, 0.05) is 0 Å². The van der Waals surface area contributed by atoms with Crippen molar-refractivity contribution in [3.8, 4) is 5.88 Å². The molecule has 2 N–H and O–H groups in total. The molecular weight excluding hydrogens is 224 g/mol. The van der Waals surface area contributed by atoms with E-state index in [9.17, 15) is 10.1 Å². The molecule has 0 fully saturated rings. The summed E-state index contributed by atoms with van der Waals surface area (Å²) in [7, 11) is 0. The maximum absolute atomic E-state index is 11.0. The van der Waals surface area contributed by atoms with E-state index >= 15 is 0 Å². The molecule has 0 amide bonds. The van der Waals surface area contributed by atoms with Crippen molar-refractivity contribution in [2.24, 2.45) is 5.73 Å². The van der Waals surface area contributed by atoms with Crippen LogP contribution in [0.3, 0.4) is 0 Å². The van der Waals surface area contributed by atoms with Crippen LogP contribution in [0.1, 0.15) is 32.0 Å². The number of rotatable bonds is 6. The molecule has 0 aromatic carbocycles. The van der Waals surface area contributed by atoms with Crippen LogP contribution in [0.25, 0.3) is 0 Å². The van der Waals surface area contributed by atoms with Gasteiger partial charge in [0.1, 0.15) is 5.69 Å². The van der Waals surface area contributed by atoms with Crippen LogP contribution in [0.2, 0.25) is 0 Å². The predicted octanol–water partition coefficient (Wildman–Crippen LogP) is 1.41. The maximum Gasteiger partial charge on any atom is 0.353 e. The normalized spacial score (nSPS) is 10.9. The van der Waals surface area contributed by atoms with Crippen LogP contribution in [0.5, 0.6) is 5.88 Å². The number of aryl methyl sites for hydroxylation is 1. The van der Waals surface area contributed by atoms with Gasteiger partial charge < -0.3 is 10.5 Å². The van der Waals surface area contributed by atoms with E-state index in [-0.39, 0.29) is 17.6 Å². The molecule has 1 rings (SSSR count). The summed E-state index contributed by atoms with van der Waals surface area (Å²) in [5.41, 5.74) is 5.66. The van der Waals surface area contributed by atoms with E-state index in [0.29, 0.717) is 25.3 Å². The molecule has 17 heavy (non-hydrogen) atoms. The lowest BCUT2D eigenvalue weighted by molar-refractivity contribution is -0.386. The maximum atomic E-state index is 11.0. The van der Waals surface area contributed by atoms with Crippen molar-refractivity contribution < 1.29 is 9.66 Å². The topological polar surface area (TPSA) is 96.2 Å². The first kappa shape index (κ1) is 13.4. The van der Waals surface area contributed by atoms with Crippen molar-refractivity contribution in [3.63, 3.8) is 0 Å². The van der Waals surface area contributed by atoms with Crippen LogP contribution in [-0.2, 0) is 0 Å². The molecule has 1 aromatic rings. The van der Waals surface area contributed by atoms with E-state index in [2.05, 4.69) is 5.10 Å². The summed E-state index contributed by atoms with van der Waals surface area (Å²) in [6.07, 6.45) is 0.652. The molecule has 0 radical (unpaired) electrons. The fourth-order valence-electron chi connectivity index (χ4n) is 1.46. The van der Waals surface area contributed by atoms with E-state index in [1.54, 1.807) is 6.92 Å². The largest absolute Gasteiger partial charge is 0.473 e. The molecule has 0 aliphatic heterocycles. The zero-order valence-electron chi connectivity index (χ0n) is 10.3. The Bertz CT molecular complexity index is 401. The van der Waals surface area contributed by atoms with Gasteiger partial charge in [-0.25, -0.2) is 4.68 Å². The Kier molecular flexibility index (Phi) is 4.45. The highest BCUT2D eigenvalue weighted by molar-refractivity contribution is 5.45. The second kappa shape index (κ2) is 5.62. The fourth-order valence-corrected chi connectivity index (χ4v) is 1.46. The molecule has 0 bridgehead atoms. The first-order valence-corrected chi connectivity index (χ1v) is 5.55. The molecule has 0 atom stereocenters. The molecule has 0 aliphatic rings. The molecule has 1 heterocycles. The standard InChI is InChI=1S/C10H18N4O3/c1-7(2)13-10(17-6-4-5-11)9(14(15)16)8(3)12-13/h7H,4-6,11H2,1-3H3. The summed E-state index contributed by atoms with van der Waals surface area (Å²) >= 11 is 0. The van der Waals surface area contributed by atoms with Crippen LogP contribution in [0.4, 0.5) is 5.69 Å². The first-order valence-electron chi connectivity index (χ1n) is 5.55. The Morgan fingerprint density at radius 2 is 2.24 bits per heavy atom. The highest BCUT2D eigenvalue weighted by Crippen LogP contribution is 2.32. The van der Waals surface area contributed by atoms with Gasteiger partial charge in [-0.3, -0.25) is 10.1 Å². The van der Waals surface area contributed by atoms with Crippen molar-refractivity contribution in [1.82, 2.24) is 9.78 Å². The zero-order chi connectivity index (χ0) is 13.0. The van der Waals surface area contributed by atoms with Gasteiger partial charge in [0.15, 0.2) is 0 Å². The Morgan fingerprint density at radius 1 is 1.59 bits per heavy atom. The molecule has 0 saturated heterocycles. The van der Waals surface area contributed by atoms with Crippen LogP contribution in [-0.4, -0.2) is 27.9 Å². The monoisotopic (exact) mass is 242 g/mol. The molecule has 96 valence electrons. The van der Waals surface area contributed by atoms with Crippen LogP contribution in [0.15, 0.2) is 0 Å². The lowest BCUT2D eigenvalue weighted by Crippen LogP contribution is -2.11. The smallest absolute Gasteiger partial charge is 0.353 e. The van der Waals surface area contributed by atoms with E-state index in [0.717, 1.165) is 0 Å². The van der Waals surface area contributed by atoms with E-state index in [1.807, 2.05) is 13.8 Å². The van der Waals surface area contributed by atoms with Gasteiger partial charge in [-0.15, -0.1) is 0 Å². The minimum atomic E-state index is -0.459. The molecule has 7 nitrogen and oxygen atoms in total. The second-order valence-electron chi connectivity index (χ2n) is 4.03. The Morgan fingerprint density at radius 3 is 2.71 bits per heavy atom. The summed E-state index contributed by atoms with van der Waals surface area (Å²) in [5.74, 6) is 0.218. The first-order chi connectivity index (χ1) is 7.99.